The SMILES string of the molecule is CO/C=C1/CC[C@@H]2[C@@H](C1)c1c(O)cc(C34CC5CC(CC(C5)C3)C4)cc1OC2(C)C. The first-order chi connectivity index (χ1) is 14.4. The molecule has 2 atom stereocenters. The minimum atomic E-state index is -0.206. The van der Waals surface area contributed by atoms with Gasteiger partial charge in [0.2, 0.25) is 0 Å². The van der Waals surface area contributed by atoms with Crippen molar-refractivity contribution in [3.8, 4) is 11.5 Å². The molecule has 3 nitrogen and oxygen atoms in total. The average Bonchev–Trinajstić information content (AvgIpc) is 2.66. The fourth-order valence-corrected chi connectivity index (χ4v) is 8.68. The molecule has 0 amide bonds. The van der Waals surface area contributed by atoms with Crippen molar-refractivity contribution in [3.05, 3.63) is 35.1 Å². The van der Waals surface area contributed by atoms with Gasteiger partial charge in [-0.3, -0.25) is 0 Å². The van der Waals surface area contributed by atoms with Gasteiger partial charge in [-0.15, -0.1) is 0 Å². The summed E-state index contributed by atoms with van der Waals surface area (Å²) in [5.74, 6) is 4.86. The lowest BCUT2D eigenvalue weighted by molar-refractivity contribution is -0.00936. The third-order valence-electron chi connectivity index (χ3n) is 9.44. The molecule has 1 N–H and O–H groups in total. The van der Waals surface area contributed by atoms with Gasteiger partial charge in [-0.2, -0.15) is 0 Å². The standard InChI is InChI=1S/C27H36O3/c1-26(2)22-5-4-16(15-29-3)9-21(22)25-23(28)10-20(11-24(25)30-26)27-12-17-6-18(13-27)8-19(7-17)14-27/h10-11,15,17-19,21-22,28H,4-9,12-14H2,1-3H3/b16-15-/t17?,18?,19?,21-,22-,27?/m1/s1. The Labute approximate surface area is 180 Å². The van der Waals surface area contributed by atoms with Crippen LogP contribution in [0.2, 0.25) is 0 Å². The molecule has 1 aromatic carbocycles. The van der Waals surface area contributed by atoms with Gasteiger partial charge in [-0.25, -0.2) is 0 Å². The molecule has 0 spiro atoms. The second kappa shape index (κ2) is 6.43. The van der Waals surface area contributed by atoms with Gasteiger partial charge in [0.05, 0.1) is 13.4 Å². The van der Waals surface area contributed by atoms with Crippen LogP contribution in [0.25, 0.3) is 0 Å². The van der Waals surface area contributed by atoms with Gasteiger partial charge in [0, 0.05) is 17.4 Å². The van der Waals surface area contributed by atoms with E-state index >= 15 is 0 Å². The van der Waals surface area contributed by atoms with Gasteiger partial charge < -0.3 is 14.6 Å². The lowest BCUT2D eigenvalue weighted by Crippen LogP contribution is -2.49. The lowest BCUT2D eigenvalue weighted by Gasteiger charge is -2.57. The summed E-state index contributed by atoms with van der Waals surface area (Å²) in [5, 5.41) is 11.3. The zero-order chi connectivity index (χ0) is 20.7. The van der Waals surface area contributed by atoms with E-state index < -0.39 is 0 Å². The Kier molecular flexibility index (Phi) is 4.09. The molecule has 6 aliphatic rings. The van der Waals surface area contributed by atoms with E-state index in [1.165, 1.54) is 49.7 Å². The molecule has 1 aliphatic heterocycles. The largest absolute Gasteiger partial charge is 0.508 e. The Morgan fingerprint density at radius 3 is 2.37 bits per heavy atom. The van der Waals surface area contributed by atoms with Gasteiger partial charge in [0.15, 0.2) is 0 Å². The van der Waals surface area contributed by atoms with Crippen molar-refractivity contribution >= 4 is 0 Å². The zero-order valence-electron chi connectivity index (χ0n) is 18.7. The number of fused-ring (bicyclic) bond motifs is 3. The highest BCUT2D eigenvalue weighted by Gasteiger charge is 2.53. The number of aromatic hydroxyl groups is 1. The molecule has 5 saturated carbocycles. The molecule has 162 valence electrons. The third-order valence-corrected chi connectivity index (χ3v) is 9.44. The van der Waals surface area contributed by atoms with E-state index in [1.54, 1.807) is 7.11 Å². The highest BCUT2D eigenvalue weighted by Crippen LogP contribution is 2.62. The summed E-state index contributed by atoms with van der Waals surface area (Å²) in [6, 6.07) is 4.48. The van der Waals surface area contributed by atoms with Crippen molar-refractivity contribution in [2.75, 3.05) is 7.11 Å². The summed E-state index contributed by atoms with van der Waals surface area (Å²) in [6.45, 7) is 4.49. The number of hydrogen-bond donors (Lipinski definition) is 1. The monoisotopic (exact) mass is 408 g/mol. The molecule has 0 aromatic heterocycles. The normalized spacial score (nSPS) is 41.8. The van der Waals surface area contributed by atoms with E-state index in [2.05, 4.69) is 26.0 Å². The number of benzene rings is 1. The van der Waals surface area contributed by atoms with Crippen LogP contribution >= 0.6 is 0 Å². The first-order valence-corrected chi connectivity index (χ1v) is 12.1. The van der Waals surface area contributed by atoms with Crippen molar-refractivity contribution in [2.45, 2.75) is 88.6 Å². The molecule has 0 unspecified atom stereocenters. The number of allylic oxidation sites excluding steroid dienone is 1. The molecule has 1 heterocycles. The van der Waals surface area contributed by atoms with Crippen LogP contribution in [-0.4, -0.2) is 17.8 Å². The molecule has 5 aliphatic carbocycles. The number of methoxy groups -OCH3 is 1. The molecular weight excluding hydrogens is 372 g/mol. The molecule has 3 heteroatoms. The van der Waals surface area contributed by atoms with Crippen molar-refractivity contribution < 1.29 is 14.6 Å². The topological polar surface area (TPSA) is 38.7 Å². The van der Waals surface area contributed by atoms with Crippen molar-refractivity contribution in [1.82, 2.24) is 0 Å². The first kappa shape index (κ1) is 19.1. The van der Waals surface area contributed by atoms with Crippen LogP contribution in [0.4, 0.5) is 0 Å². The molecule has 1 aromatic rings. The lowest BCUT2D eigenvalue weighted by atomic mass is 9.48. The van der Waals surface area contributed by atoms with Crippen LogP contribution in [0.15, 0.2) is 24.0 Å². The van der Waals surface area contributed by atoms with Gasteiger partial charge in [0.1, 0.15) is 17.1 Å². The van der Waals surface area contributed by atoms with E-state index in [-0.39, 0.29) is 11.0 Å². The van der Waals surface area contributed by atoms with Gasteiger partial charge >= 0.3 is 0 Å². The first-order valence-electron chi connectivity index (χ1n) is 12.1. The van der Waals surface area contributed by atoms with E-state index in [4.69, 9.17) is 9.47 Å². The van der Waals surface area contributed by atoms with Crippen LogP contribution < -0.4 is 4.74 Å². The highest BCUT2D eigenvalue weighted by atomic mass is 16.5. The molecule has 5 fully saturated rings. The van der Waals surface area contributed by atoms with E-state index in [0.29, 0.717) is 17.6 Å². The highest BCUT2D eigenvalue weighted by molar-refractivity contribution is 5.54. The predicted molar refractivity (Wildman–Crippen MR) is 118 cm³/mol. The summed E-state index contributed by atoms with van der Waals surface area (Å²) in [6.07, 6.45) is 13.3. The minimum absolute atomic E-state index is 0.206. The second-order valence-electron chi connectivity index (χ2n) is 11.8. The third kappa shape index (κ3) is 2.76. The summed E-state index contributed by atoms with van der Waals surface area (Å²) in [5.41, 5.74) is 3.83. The van der Waals surface area contributed by atoms with Crippen LogP contribution in [0.3, 0.4) is 0 Å². The Morgan fingerprint density at radius 2 is 1.73 bits per heavy atom. The number of rotatable bonds is 2. The van der Waals surface area contributed by atoms with Crippen LogP contribution in [0.5, 0.6) is 11.5 Å². The smallest absolute Gasteiger partial charge is 0.127 e. The average molecular weight is 409 g/mol. The fraction of sp³-hybridized carbons (Fsp3) is 0.704. The number of phenols is 1. The second-order valence-corrected chi connectivity index (χ2v) is 11.8. The molecule has 7 rings (SSSR count). The van der Waals surface area contributed by atoms with E-state index in [9.17, 15) is 5.11 Å². The maximum Gasteiger partial charge on any atom is 0.127 e. The van der Waals surface area contributed by atoms with Crippen LogP contribution in [0.1, 0.15) is 88.7 Å². The predicted octanol–water partition coefficient (Wildman–Crippen LogP) is 6.45. The quantitative estimate of drug-likeness (QED) is 0.572. The Morgan fingerprint density at radius 1 is 1.07 bits per heavy atom. The maximum absolute atomic E-state index is 11.3. The summed E-state index contributed by atoms with van der Waals surface area (Å²) >= 11 is 0. The van der Waals surface area contributed by atoms with Gasteiger partial charge in [-0.05, 0) is 118 Å². The number of phenolic OH excluding ortho intramolecular Hbond substituents is 1. The van der Waals surface area contributed by atoms with Crippen LogP contribution in [0, 0.1) is 23.7 Å². The zero-order valence-corrected chi connectivity index (χ0v) is 18.7. The minimum Gasteiger partial charge on any atom is -0.508 e. The Balaban J connectivity index is 1.42. The van der Waals surface area contributed by atoms with Crippen molar-refractivity contribution in [1.29, 1.82) is 0 Å². The molecule has 30 heavy (non-hydrogen) atoms. The van der Waals surface area contributed by atoms with Gasteiger partial charge in [-0.1, -0.05) is 0 Å². The molecule has 0 radical (unpaired) electrons. The number of hydrogen-bond acceptors (Lipinski definition) is 3. The van der Waals surface area contributed by atoms with E-state index in [1.807, 2.05) is 6.26 Å². The maximum atomic E-state index is 11.3. The molecular formula is C27H36O3. The van der Waals surface area contributed by atoms with E-state index in [0.717, 1.165) is 48.3 Å². The molecule has 0 saturated heterocycles. The van der Waals surface area contributed by atoms with Crippen molar-refractivity contribution in [3.63, 3.8) is 0 Å². The molecule has 4 bridgehead atoms. The Bertz CT molecular complexity index is 860. The summed E-state index contributed by atoms with van der Waals surface area (Å²) in [4.78, 5) is 0. The fourth-order valence-electron chi connectivity index (χ4n) is 8.68. The van der Waals surface area contributed by atoms with Gasteiger partial charge in [0.25, 0.3) is 0 Å². The number of ether oxygens (including phenoxy) is 2. The summed E-state index contributed by atoms with van der Waals surface area (Å²) in [7, 11) is 1.73. The van der Waals surface area contributed by atoms with Crippen molar-refractivity contribution in [2.24, 2.45) is 23.7 Å². The summed E-state index contributed by atoms with van der Waals surface area (Å²) < 4.78 is 12.0. The Hall–Kier alpha value is -1.64. The van der Waals surface area contributed by atoms with Crippen LogP contribution in [-0.2, 0) is 10.2 Å².